The zero-order valence-corrected chi connectivity index (χ0v) is 12.4. The zero-order valence-electron chi connectivity index (χ0n) is 10.8. The quantitative estimate of drug-likeness (QED) is 0.891. The van der Waals surface area contributed by atoms with Crippen LogP contribution in [0.1, 0.15) is 12.8 Å². The van der Waals surface area contributed by atoms with Gasteiger partial charge in [-0.15, -0.1) is 0 Å². The van der Waals surface area contributed by atoms with Crippen molar-refractivity contribution in [3.63, 3.8) is 0 Å². The average Bonchev–Trinajstić information content (AvgIpc) is 2.89. The molecule has 0 unspecified atom stereocenters. The summed E-state index contributed by atoms with van der Waals surface area (Å²) in [6.07, 6.45) is 1.85. The third kappa shape index (κ3) is 3.94. The second-order valence-corrected chi connectivity index (χ2v) is 6.99. The Labute approximate surface area is 123 Å². The molecule has 0 aliphatic carbocycles. The van der Waals surface area contributed by atoms with Crippen LogP contribution in [0.3, 0.4) is 0 Å². The molecule has 1 heterocycles. The second-order valence-electron chi connectivity index (χ2n) is 4.63. The van der Waals surface area contributed by atoms with Crippen LogP contribution >= 0.6 is 11.6 Å². The molecular formula is C13H16ClNO4S. The number of ether oxygens (including phenoxy) is 1. The molecule has 2 rings (SSSR count). The molecule has 110 valence electrons. The molecular weight excluding hydrogens is 302 g/mol. The molecule has 1 amide bonds. The maximum Gasteiger partial charge on any atom is 0.235 e. The fourth-order valence-corrected chi connectivity index (χ4v) is 3.77. The molecule has 20 heavy (non-hydrogen) atoms. The Morgan fingerprint density at radius 2 is 2.15 bits per heavy atom. The molecule has 1 fully saturated rings. The van der Waals surface area contributed by atoms with Crippen molar-refractivity contribution in [3.8, 4) is 0 Å². The van der Waals surface area contributed by atoms with Crippen LogP contribution in [0, 0.1) is 0 Å². The van der Waals surface area contributed by atoms with Crippen LogP contribution in [0.2, 0.25) is 5.02 Å². The van der Waals surface area contributed by atoms with Crippen molar-refractivity contribution in [3.05, 3.63) is 29.3 Å². The largest absolute Gasteiger partial charge is 0.376 e. The molecule has 1 N–H and O–H groups in total. The predicted molar refractivity (Wildman–Crippen MR) is 75.5 cm³/mol. The van der Waals surface area contributed by atoms with Crippen LogP contribution in [0.5, 0.6) is 0 Å². The van der Waals surface area contributed by atoms with E-state index in [4.69, 9.17) is 16.3 Å². The van der Waals surface area contributed by atoms with Gasteiger partial charge in [0.25, 0.3) is 0 Å². The van der Waals surface area contributed by atoms with Gasteiger partial charge in [-0.2, -0.15) is 0 Å². The van der Waals surface area contributed by atoms with Gasteiger partial charge in [-0.05, 0) is 25.0 Å². The van der Waals surface area contributed by atoms with E-state index in [1.165, 1.54) is 12.1 Å². The molecule has 0 aromatic heterocycles. The van der Waals surface area contributed by atoms with Gasteiger partial charge in [-0.25, -0.2) is 8.42 Å². The van der Waals surface area contributed by atoms with E-state index >= 15 is 0 Å². The van der Waals surface area contributed by atoms with Crippen LogP contribution in [0.4, 0.5) is 0 Å². The van der Waals surface area contributed by atoms with Crippen molar-refractivity contribution in [2.24, 2.45) is 0 Å². The number of carbonyl (C=O) groups excluding carboxylic acids is 1. The maximum absolute atomic E-state index is 12.1. The minimum absolute atomic E-state index is 0.0121. The maximum atomic E-state index is 12.1. The highest BCUT2D eigenvalue weighted by Crippen LogP contribution is 2.21. The standard InChI is InChI=1S/C13H16ClNO4S/c14-11-5-1-2-6-12(11)20(17,18)9-13(16)15-8-10-4-3-7-19-10/h1-2,5-6,10H,3-4,7-9H2,(H,15,16)/t10-/m1/s1. The molecule has 5 nitrogen and oxygen atoms in total. The van der Waals surface area contributed by atoms with Gasteiger partial charge >= 0.3 is 0 Å². The number of hydrogen-bond donors (Lipinski definition) is 1. The van der Waals surface area contributed by atoms with Crippen LogP contribution in [-0.4, -0.2) is 39.3 Å². The number of nitrogens with one attached hydrogen (secondary N) is 1. The smallest absolute Gasteiger partial charge is 0.235 e. The first-order valence-electron chi connectivity index (χ1n) is 6.34. The summed E-state index contributed by atoms with van der Waals surface area (Å²) in [6.45, 7) is 1.04. The summed E-state index contributed by atoms with van der Waals surface area (Å²) in [4.78, 5) is 11.7. The lowest BCUT2D eigenvalue weighted by Crippen LogP contribution is -2.35. The molecule has 1 aliphatic rings. The number of rotatable bonds is 5. The Morgan fingerprint density at radius 3 is 2.80 bits per heavy atom. The summed E-state index contributed by atoms with van der Waals surface area (Å²) in [5, 5.41) is 2.71. The fraction of sp³-hybridized carbons (Fsp3) is 0.462. The highest BCUT2D eigenvalue weighted by atomic mass is 35.5. The van der Waals surface area contributed by atoms with Gasteiger partial charge in [0, 0.05) is 13.2 Å². The molecule has 0 radical (unpaired) electrons. The van der Waals surface area contributed by atoms with E-state index in [0.717, 1.165) is 12.8 Å². The monoisotopic (exact) mass is 317 g/mol. The number of carbonyl (C=O) groups is 1. The Kier molecular flexibility index (Phi) is 5.01. The molecule has 0 saturated carbocycles. The molecule has 1 aromatic carbocycles. The lowest BCUT2D eigenvalue weighted by Gasteiger charge is -2.11. The number of amides is 1. The number of benzene rings is 1. The Hall–Kier alpha value is -1.11. The summed E-state index contributed by atoms with van der Waals surface area (Å²) in [5.74, 6) is -1.15. The van der Waals surface area contributed by atoms with Crippen LogP contribution < -0.4 is 5.32 Å². The van der Waals surface area contributed by atoms with Gasteiger partial charge in [-0.1, -0.05) is 23.7 Å². The average molecular weight is 318 g/mol. The lowest BCUT2D eigenvalue weighted by molar-refractivity contribution is -0.119. The lowest BCUT2D eigenvalue weighted by atomic mass is 10.2. The van der Waals surface area contributed by atoms with Crippen molar-refractivity contribution in [1.82, 2.24) is 5.32 Å². The van der Waals surface area contributed by atoms with Crippen molar-refractivity contribution in [1.29, 1.82) is 0 Å². The second kappa shape index (κ2) is 6.56. The molecule has 7 heteroatoms. The zero-order chi connectivity index (χ0) is 14.6. The van der Waals surface area contributed by atoms with Crippen LogP contribution in [0.15, 0.2) is 29.2 Å². The van der Waals surface area contributed by atoms with E-state index in [1.807, 2.05) is 0 Å². The molecule has 0 spiro atoms. The van der Waals surface area contributed by atoms with Crippen molar-refractivity contribution < 1.29 is 17.9 Å². The first kappa shape index (κ1) is 15.3. The van der Waals surface area contributed by atoms with E-state index in [0.29, 0.717) is 13.2 Å². The minimum Gasteiger partial charge on any atom is -0.376 e. The van der Waals surface area contributed by atoms with Gasteiger partial charge in [0.05, 0.1) is 16.0 Å². The summed E-state index contributed by atoms with van der Waals surface area (Å²) < 4.78 is 29.5. The van der Waals surface area contributed by atoms with E-state index in [2.05, 4.69) is 5.32 Å². The van der Waals surface area contributed by atoms with E-state index in [9.17, 15) is 13.2 Å². The SMILES string of the molecule is O=C(CS(=O)(=O)c1ccccc1Cl)NC[C@H]1CCCO1. The van der Waals surface area contributed by atoms with Gasteiger partial charge in [0.2, 0.25) is 5.91 Å². The first-order chi connectivity index (χ1) is 9.49. The molecule has 1 aliphatic heterocycles. The van der Waals surface area contributed by atoms with Gasteiger partial charge in [0.15, 0.2) is 9.84 Å². The topological polar surface area (TPSA) is 72.5 Å². The summed E-state index contributed by atoms with van der Waals surface area (Å²) in [6, 6.07) is 6.09. The molecule has 1 saturated heterocycles. The Morgan fingerprint density at radius 1 is 1.40 bits per heavy atom. The minimum atomic E-state index is -3.72. The highest BCUT2D eigenvalue weighted by molar-refractivity contribution is 7.92. The fourth-order valence-electron chi connectivity index (χ4n) is 2.03. The van der Waals surface area contributed by atoms with Crippen molar-refractivity contribution >= 4 is 27.3 Å². The Balaban J connectivity index is 1.94. The van der Waals surface area contributed by atoms with E-state index < -0.39 is 21.5 Å². The molecule has 1 aromatic rings. The van der Waals surface area contributed by atoms with E-state index in [-0.39, 0.29) is 16.0 Å². The predicted octanol–water partition coefficient (Wildman–Crippen LogP) is 1.41. The summed E-state index contributed by atoms with van der Waals surface area (Å²) in [7, 11) is -3.72. The normalized spacial score (nSPS) is 18.9. The Bertz CT molecular complexity index is 582. The van der Waals surface area contributed by atoms with Gasteiger partial charge < -0.3 is 10.1 Å². The summed E-state index contributed by atoms with van der Waals surface area (Å²) in [5.41, 5.74) is 0. The van der Waals surface area contributed by atoms with Gasteiger partial charge in [0.1, 0.15) is 5.75 Å². The van der Waals surface area contributed by atoms with Crippen LogP contribution in [0.25, 0.3) is 0 Å². The number of hydrogen-bond acceptors (Lipinski definition) is 4. The highest BCUT2D eigenvalue weighted by Gasteiger charge is 2.23. The third-order valence-electron chi connectivity index (χ3n) is 3.04. The number of sulfone groups is 1. The summed E-state index contributed by atoms with van der Waals surface area (Å²) >= 11 is 5.84. The van der Waals surface area contributed by atoms with Crippen LogP contribution in [-0.2, 0) is 19.4 Å². The van der Waals surface area contributed by atoms with Crippen molar-refractivity contribution in [2.45, 2.75) is 23.8 Å². The van der Waals surface area contributed by atoms with E-state index in [1.54, 1.807) is 12.1 Å². The molecule has 0 bridgehead atoms. The van der Waals surface area contributed by atoms with Gasteiger partial charge in [-0.3, -0.25) is 4.79 Å². The molecule has 1 atom stereocenters. The number of halogens is 1. The third-order valence-corrected chi connectivity index (χ3v) is 5.15. The van der Waals surface area contributed by atoms with Crippen molar-refractivity contribution in [2.75, 3.05) is 18.9 Å². The first-order valence-corrected chi connectivity index (χ1v) is 8.37.